The van der Waals surface area contributed by atoms with Crippen molar-refractivity contribution in [3.8, 4) is 23.0 Å². The van der Waals surface area contributed by atoms with Gasteiger partial charge in [-0.15, -0.1) is 11.8 Å². The topological polar surface area (TPSA) is 105 Å². The van der Waals surface area contributed by atoms with Crippen molar-refractivity contribution in [1.82, 2.24) is 15.1 Å². The Morgan fingerprint density at radius 1 is 1.24 bits per heavy atom. The molecular formula is C25H24N4O3S2. The summed E-state index contributed by atoms with van der Waals surface area (Å²) in [5.41, 5.74) is 2.87. The molecule has 1 amide bonds. The number of sulfone groups is 1. The summed E-state index contributed by atoms with van der Waals surface area (Å²) in [6.07, 6.45) is 3.64. The van der Waals surface area contributed by atoms with Gasteiger partial charge < -0.3 is 5.32 Å². The molecule has 0 aliphatic carbocycles. The maximum absolute atomic E-state index is 12.8. The third-order valence-corrected chi connectivity index (χ3v) is 8.10. The fourth-order valence-electron chi connectivity index (χ4n) is 3.78. The van der Waals surface area contributed by atoms with Gasteiger partial charge in [-0.05, 0) is 42.5 Å². The molecule has 1 aliphatic rings. The fourth-order valence-corrected chi connectivity index (χ4v) is 6.12. The van der Waals surface area contributed by atoms with E-state index < -0.39 is 21.8 Å². The fraction of sp³-hybridized carbons (Fsp3) is 0.240. The lowest BCUT2D eigenvalue weighted by Gasteiger charge is -2.09. The smallest absolute Gasteiger partial charge is 0.262 e. The average Bonchev–Trinajstić information content (AvgIpc) is 3.41. The first-order chi connectivity index (χ1) is 16.4. The van der Waals surface area contributed by atoms with E-state index in [-0.39, 0.29) is 17.1 Å². The van der Waals surface area contributed by atoms with Crippen LogP contribution in [0.2, 0.25) is 0 Å². The van der Waals surface area contributed by atoms with Crippen LogP contribution in [0.4, 0.5) is 0 Å². The third-order valence-electron chi connectivity index (χ3n) is 5.43. The van der Waals surface area contributed by atoms with Crippen molar-refractivity contribution in [2.24, 2.45) is 0 Å². The minimum Gasteiger partial charge on any atom is -0.348 e. The monoisotopic (exact) mass is 492 g/mol. The lowest BCUT2D eigenvalue weighted by molar-refractivity contribution is -0.117. The van der Waals surface area contributed by atoms with E-state index in [4.69, 9.17) is 5.10 Å². The molecule has 9 heteroatoms. The maximum Gasteiger partial charge on any atom is 0.262 e. The number of rotatable bonds is 7. The van der Waals surface area contributed by atoms with Crippen LogP contribution in [-0.4, -0.2) is 47.4 Å². The summed E-state index contributed by atoms with van der Waals surface area (Å²) in [7, 11) is -3.14. The molecule has 34 heavy (non-hydrogen) atoms. The highest BCUT2D eigenvalue weighted by atomic mass is 32.2. The third kappa shape index (κ3) is 5.58. The number of benzene rings is 2. The Balaban J connectivity index is 1.69. The first-order valence-electron chi connectivity index (χ1n) is 10.9. The van der Waals surface area contributed by atoms with E-state index >= 15 is 0 Å². The largest absolute Gasteiger partial charge is 0.348 e. The summed E-state index contributed by atoms with van der Waals surface area (Å²) in [6.45, 7) is 2.10. The van der Waals surface area contributed by atoms with Crippen LogP contribution in [-0.2, 0) is 14.6 Å². The normalized spacial score (nSPS) is 17.3. The predicted molar refractivity (Wildman–Crippen MR) is 134 cm³/mol. The SMILES string of the molecule is CCSc1ccc(-c2nn(-c3ccccc3)cc2/C=C(\C#N)C(=O)NC2CCS(=O)(=O)C2)cc1. The number of nitrogens with one attached hydrogen (secondary N) is 1. The highest BCUT2D eigenvalue weighted by molar-refractivity contribution is 7.99. The van der Waals surface area contributed by atoms with E-state index in [9.17, 15) is 18.5 Å². The first kappa shape index (κ1) is 23.8. The molecule has 1 aromatic heterocycles. The van der Waals surface area contributed by atoms with Gasteiger partial charge in [0.25, 0.3) is 5.91 Å². The zero-order valence-corrected chi connectivity index (χ0v) is 20.3. The maximum atomic E-state index is 12.8. The van der Waals surface area contributed by atoms with Gasteiger partial charge in [0.05, 0.1) is 22.9 Å². The van der Waals surface area contributed by atoms with Crippen LogP contribution >= 0.6 is 11.8 Å². The Kier molecular flexibility index (Phi) is 7.20. The zero-order valence-electron chi connectivity index (χ0n) is 18.6. The molecule has 1 fully saturated rings. The Labute approximate surface area is 203 Å². The zero-order chi connectivity index (χ0) is 24.1. The first-order valence-corrected chi connectivity index (χ1v) is 13.7. The predicted octanol–water partition coefficient (Wildman–Crippen LogP) is 3.86. The summed E-state index contributed by atoms with van der Waals surface area (Å²) in [5, 5.41) is 17.1. The van der Waals surface area contributed by atoms with Crippen molar-refractivity contribution in [3.63, 3.8) is 0 Å². The van der Waals surface area contributed by atoms with Gasteiger partial charge >= 0.3 is 0 Å². The van der Waals surface area contributed by atoms with Gasteiger partial charge in [-0.2, -0.15) is 10.4 Å². The van der Waals surface area contributed by atoms with Gasteiger partial charge in [-0.1, -0.05) is 37.3 Å². The van der Waals surface area contributed by atoms with E-state index in [1.54, 1.807) is 22.6 Å². The molecule has 174 valence electrons. The molecule has 2 heterocycles. The molecule has 1 N–H and O–H groups in total. The van der Waals surface area contributed by atoms with Crippen LogP contribution in [0.15, 0.2) is 71.3 Å². The van der Waals surface area contributed by atoms with Gasteiger partial charge in [-0.3, -0.25) is 4.79 Å². The van der Waals surface area contributed by atoms with Crippen molar-refractivity contribution in [3.05, 3.63) is 71.9 Å². The second kappa shape index (κ2) is 10.3. The van der Waals surface area contributed by atoms with Crippen molar-refractivity contribution in [2.75, 3.05) is 17.3 Å². The standard InChI is InChI=1S/C25H24N4O3S2/c1-2-33-23-10-8-18(9-11-23)24-20(16-29(28-24)22-6-4-3-5-7-22)14-19(15-26)25(30)27-21-12-13-34(31,32)17-21/h3-11,14,16,21H,2,12-13,17H2,1H3,(H,27,30)/b19-14+. The van der Waals surface area contributed by atoms with E-state index in [0.717, 1.165) is 21.9 Å². The van der Waals surface area contributed by atoms with Crippen LogP contribution in [0, 0.1) is 11.3 Å². The lowest BCUT2D eigenvalue weighted by Crippen LogP contribution is -2.36. The molecule has 0 spiro atoms. The highest BCUT2D eigenvalue weighted by Gasteiger charge is 2.29. The van der Waals surface area contributed by atoms with Gasteiger partial charge in [0.1, 0.15) is 11.6 Å². The number of amides is 1. The number of nitriles is 1. The summed E-state index contributed by atoms with van der Waals surface area (Å²) in [4.78, 5) is 13.9. The lowest BCUT2D eigenvalue weighted by atomic mass is 10.1. The minimum atomic E-state index is -3.14. The van der Waals surface area contributed by atoms with Gasteiger partial charge in [0, 0.05) is 28.3 Å². The molecule has 1 saturated heterocycles. The number of para-hydroxylation sites is 1. The molecule has 1 unspecified atom stereocenters. The van der Waals surface area contributed by atoms with E-state index in [1.165, 1.54) is 6.08 Å². The number of hydrogen-bond acceptors (Lipinski definition) is 6. The molecule has 0 saturated carbocycles. The van der Waals surface area contributed by atoms with Crippen LogP contribution in [0.1, 0.15) is 18.9 Å². The van der Waals surface area contributed by atoms with Crippen molar-refractivity contribution >= 4 is 33.6 Å². The molecule has 3 aromatic rings. The van der Waals surface area contributed by atoms with Crippen molar-refractivity contribution in [2.45, 2.75) is 24.3 Å². The Hall–Kier alpha value is -3.35. The van der Waals surface area contributed by atoms with Crippen molar-refractivity contribution in [1.29, 1.82) is 5.26 Å². The Morgan fingerprint density at radius 3 is 2.59 bits per heavy atom. The number of thioether (sulfide) groups is 1. The van der Waals surface area contributed by atoms with Gasteiger partial charge in [0.15, 0.2) is 9.84 Å². The van der Waals surface area contributed by atoms with E-state index in [2.05, 4.69) is 12.2 Å². The minimum absolute atomic E-state index is 0.0455. The summed E-state index contributed by atoms with van der Waals surface area (Å²) >= 11 is 1.74. The van der Waals surface area contributed by atoms with E-state index in [1.807, 2.05) is 60.7 Å². The van der Waals surface area contributed by atoms with Crippen LogP contribution in [0.5, 0.6) is 0 Å². The number of aromatic nitrogens is 2. The summed E-state index contributed by atoms with van der Waals surface area (Å²) < 4.78 is 25.1. The average molecular weight is 493 g/mol. The molecular weight excluding hydrogens is 468 g/mol. The number of nitrogens with zero attached hydrogens (tertiary/aromatic N) is 3. The molecule has 0 bridgehead atoms. The molecule has 2 aromatic carbocycles. The van der Waals surface area contributed by atoms with Gasteiger partial charge in [0.2, 0.25) is 0 Å². The van der Waals surface area contributed by atoms with E-state index in [0.29, 0.717) is 17.7 Å². The van der Waals surface area contributed by atoms with Crippen LogP contribution < -0.4 is 5.32 Å². The van der Waals surface area contributed by atoms with Gasteiger partial charge in [-0.25, -0.2) is 13.1 Å². The number of carbonyl (C=O) groups excluding carboxylic acids is 1. The summed E-state index contributed by atoms with van der Waals surface area (Å²) in [5.74, 6) is 0.331. The molecule has 1 atom stereocenters. The molecule has 0 radical (unpaired) electrons. The number of hydrogen-bond donors (Lipinski definition) is 1. The Morgan fingerprint density at radius 2 is 1.97 bits per heavy atom. The molecule has 7 nitrogen and oxygen atoms in total. The second-order valence-corrected chi connectivity index (χ2v) is 11.5. The molecule has 1 aliphatic heterocycles. The second-order valence-electron chi connectivity index (χ2n) is 7.91. The highest BCUT2D eigenvalue weighted by Crippen LogP contribution is 2.28. The Bertz CT molecular complexity index is 1360. The van der Waals surface area contributed by atoms with Crippen LogP contribution in [0.25, 0.3) is 23.0 Å². The molecule has 4 rings (SSSR count). The number of carbonyl (C=O) groups is 1. The van der Waals surface area contributed by atoms with Crippen LogP contribution in [0.3, 0.4) is 0 Å². The van der Waals surface area contributed by atoms with Crippen molar-refractivity contribution < 1.29 is 13.2 Å². The quantitative estimate of drug-likeness (QED) is 0.305. The summed E-state index contributed by atoms with van der Waals surface area (Å²) in [6, 6.07) is 19.1.